The van der Waals surface area contributed by atoms with Crippen LogP contribution in [-0.2, 0) is 4.74 Å². The molecule has 25 heavy (non-hydrogen) atoms. The van der Waals surface area contributed by atoms with Gasteiger partial charge in [-0.25, -0.2) is 4.98 Å². The number of carbonyl (C=O) groups is 1. The fourth-order valence-electron chi connectivity index (χ4n) is 2.19. The number of nitrogens with zero attached hydrogens (tertiary/aromatic N) is 1. The fraction of sp³-hybridized carbons (Fsp3) is 0.158. The van der Waals surface area contributed by atoms with Gasteiger partial charge in [0.15, 0.2) is 0 Å². The van der Waals surface area contributed by atoms with Crippen LogP contribution in [0.5, 0.6) is 5.75 Å². The van der Waals surface area contributed by atoms with Gasteiger partial charge in [-0.15, -0.1) is 11.3 Å². The largest absolute Gasteiger partial charge is 0.491 e. The molecule has 0 saturated carbocycles. The summed E-state index contributed by atoms with van der Waals surface area (Å²) in [7, 11) is 1.62. The lowest BCUT2D eigenvalue weighted by Crippen LogP contribution is -2.12. The number of hydrogen-bond acceptors (Lipinski definition) is 5. The molecule has 5 nitrogen and oxygen atoms in total. The Morgan fingerprint density at radius 1 is 1.12 bits per heavy atom. The van der Waals surface area contributed by atoms with E-state index in [9.17, 15) is 4.79 Å². The number of amides is 1. The Hall–Kier alpha value is -2.70. The molecule has 0 radical (unpaired) electrons. The summed E-state index contributed by atoms with van der Waals surface area (Å²) in [6.07, 6.45) is 0. The molecule has 0 fully saturated rings. The van der Waals surface area contributed by atoms with Gasteiger partial charge in [0.25, 0.3) is 5.91 Å². The van der Waals surface area contributed by atoms with Gasteiger partial charge in [0.2, 0.25) is 0 Å². The highest BCUT2D eigenvalue weighted by molar-refractivity contribution is 7.13. The Labute approximate surface area is 150 Å². The van der Waals surface area contributed by atoms with Crippen LogP contribution in [0.3, 0.4) is 0 Å². The quantitative estimate of drug-likeness (QED) is 0.649. The van der Waals surface area contributed by atoms with Crippen molar-refractivity contribution < 1.29 is 14.3 Å². The first-order chi connectivity index (χ1) is 12.3. The average Bonchev–Trinajstić information content (AvgIpc) is 3.13. The number of methoxy groups -OCH3 is 1. The van der Waals surface area contributed by atoms with Crippen molar-refractivity contribution in [2.75, 3.05) is 25.6 Å². The zero-order valence-electron chi connectivity index (χ0n) is 13.8. The highest BCUT2D eigenvalue weighted by Gasteiger charge is 2.12. The predicted octanol–water partition coefficient (Wildman–Crippen LogP) is 4.09. The van der Waals surface area contributed by atoms with Crippen LogP contribution in [-0.4, -0.2) is 31.2 Å². The maximum atomic E-state index is 12.4. The first-order valence-corrected chi connectivity index (χ1v) is 8.68. The molecule has 6 heteroatoms. The topological polar surface area (TPSA) is 60.5 Å². The number of aromatic nitrogens is 1. The van der Waals surface area contributed by atoms with E-state index in [1.165, 1.54) is 11.3 Å². The number of thiazole rings is 1. The van der Waals surface area contributed by atoms with E-state index in [4.69, 9.17) is 9.47 Å². The van der Waals surface area contributed by atoms with E-state index >= 15 is 0 Å². The fourth-order valence-corrected chi connectivity index (χ4v) is 3.00. The van der Waals surface area contributed by atoms with E-state index in [0.717, 1.165) is 10.6 Å². The Kier molecular flexibility index (Phi) is 5.77. The van der Waals surface area contributed by atoms with Crippen LogP contribution in [0.15, 0.2) is 60.0 Å². The Balaban J connectivity index is 1.66. The Morgan fingerprint density at radius 2 is 1.96 bits per heavy atom. The van der Waals surface area contributed by atoms with Crippen molar-refractivity contribution >= 4 is 22.9 Å². The van der Waals surface area contributed by atoms with Crippen LogP contribution in [0, 0.1) is 0 Å². The number of hydrogen-bond donors (Lipinski definition) is 1. The second kappa shape index (κ2) is 8.41. The molecule has 0 atom stereocenters. The average molecular weight is 354 g/mol. The molecule has 0 unspecified atom stereocenters. The molecule has 0 aliphatic heterocycles. The number of anilines is 1. The number of nitrogens with one attached hydrogen (secondary N) is 1. The second-order valence-electron chi connectivity index (χ2n) is 5.23. The predicted molar refractivity (Wildman–Crippen MR) is 99.3 cm³/mol. The minimum absolute atomic E-state index is 0.243. The zero-order chi connectivity index (χ0) is 17.5. The smallest absolute Gasteiger partial charge is 0.275 e. The summed E-state index contributed by atoms with van der Waals surface area (Å²) in [6, 6.07) is 17.0. The van der Waals surface area contributed by atoms with Crippen LogP contribution in [0.1, 0.15) is 10.5 Å². The van der Waals surface area contributed by atoms with Gasteiger partial charge in [-0.3, -0.25) is 4.79 Å². The third-order valence-electron chi connectivity index (χ3n) is 3.41. The number of ether oxygens (including phenoxy) is 2. The first-order valence-electron chi connectivity index (χ1n) is 7.80. The van der Waals surface area contributed by atoms with Gasteiger partial charge in [0.1, 0.15) is 23.1 Å². The van der Waals surface area contributed by atoms with E-state index < -0.39 is 0 Å². The normalized spacial score (nSPS) is 10.4. The van der Waals surface area contributed by atoms with Crippen LogP contribution >= 0.6 is 11.3 Å². The molecule has 1 amide bonds. The number of benzene rings is 2. The minimum Gasteiger partial charge on any atom is -0.491 e. The van der Waals surface area contributed by atoms with Crippen molar-refractivity contribution in [3.8, 4) is 16.3 Å². The van der Waals surface area contributed by atoms with E-state index in [-0.39, 0.29) is 5.91 Å². The monoisotopic (exact) mass is 354 g/mol. The van der Waals surface area contributed by atoms with Gasteiger partial charge in [-0.2, -0.15) is 0 Å². The molecule has 0 aliphatic rings. The summed E-state index contributed by atoms with van der Waals surface area (Å²) in [5.41, 5.74) is 2.06. The molecule has 0 aliphatic carbocycles. The molecule has 1 aromatic heterocycles. The lowest BCUT2D eigenvalue weighted by molar-refractivity contribution is 0.102. The van der Waals surface area contributed by atoms with Crippen LogP contribution in [0.25, 0.3) is 10.6 Å². The minimum atomic E-state index is -0.243. The molecule has 0 bridgehead atoms. The molecule has 0 saturated heterocycles. The summed E-state index contributed by atoms with van der Waals surface area (Å²) in [5.74, 6) is 0.436. The van der Waals surface area contributed by atoms with Gasteiger partial charge in [-0.1, -0.05) is 36.4 Å². The van der Waals surface area contributed by atoms with Crippen molar-refractivity contribution in [2.45, 2.75) is 0 Å². The number of rotatable bonds is 7. The molecule has 3 aromatic rings. The molecule has 0 spiro atoms. The summed E-state index contributed by atoms with van der Waals surface area (Å²) in [5, 5.41) is 5.43. The van der Waals surface area contributed by atoms with Gasteiger partial charge in [-0.05, 0) is 12.1 Å². The SMILES string of the molecule is COCCOc1cccc(NC(=O)c2csc(-c3ccccc3)n2)c1. The van der Waals surface area contributed by atoms with Gasteiger partial charge in [0, 0.05) is 29.8 Å². The maximum absolute atomic E-state index is 12.4. The molecule has 1 heterocycles. The maximum Gasteiger partial charge on any atom is 0.275 e. The van der Waals surface area contributed by atoms with Gasteiger partial charge in [0.05, 0.1) is 6.61 Å². The van der Waals surface area contributed by atoms with E-state index in [1.807, 2.05) is 48.5 Å². The summed E-state index contributed by atoms with van der Waals surface area (Å²) < 4.78 is 10.5. The first kappa shape index (κ1) is 17.1. The summed E-state index contributed by atoms with van der Waals surface area (Å²) >= 11 is 1.45. The Bertz CT molecular complexity index is 833. The third-order valence-corrected chi connectivity index (χ3v) is 4.30. The highest BCUT2D eigenvalue weighted by Crippen LogP contribution is 2.24. The van der Waals surface area contributed by atoms with Crippen molar-refractivity contribution in [2.24, 2.45) is 0 Å². The molecular weight excluding hydrogens is 336 g/mol. The lowest BCUT2D eigenvalue weighted by Gasteiger charge is -2.08. The van der Waals surface area contributed by atoms with Gasteiger partial charge < -0.3 is 14.8 Å². The zero-order valence-corrected chi connectivity index (χ0v) is 14.6. The number of carbonyl (C=O) groups excluding carboxylic acids is 1. The van der Waals surface area contributed by atoms with Crippen LogP contribution < -0.4 is 10.1 Å². The summed E-state index contributed by atoms with van der Waals surface area (Å²) in [6.45, 7) is 0.970. The van der Waals surface area contributed by atoms with E-state index in [0.29, 0.717) is 30.3 Å². The molecule has 1 N–H and O–H groups in total. The van der Waals surface area contributed by atoms with Gasteiger partial charge >= 0.3 is 0 Å². The van der Waals surface area contributed by atoms with Crippen molar-refractivity contribution in [3.63, 3.8) is 0 Å². The molecule has 128 valence electrons. The van der Waals surface area contributed by atoms with E-state index in [1.54, 1.807) is 18.6 Å². The van der Waals surface area contributed by atoms with E-state index in [2.05, 4.69) is 10.3 Å². The third kappa shape index (κ3) is 4.65. The summed E-state index contributed by atoms with van der Waals surface area (Å²) in [4.78, 5) is 16.8. The highest BCUT2D eigenvalue weighted by atomic mass is 32.1. The molecule has 3 rings (SSSR count). The lowest BCUT2D eigenvalue weighted by atomic mass is 10.2. The standard InChI is InChI=1S/C19H18N2O3S/c1-23-10-11-24-16-9-5-8-15(12-16)20-18(22)17-13-25-19(21-17)14-6-3-2-4-7-14/h2-9,12-13H,10-11H2,1H3,(H,20,22). The van der Waals surface area contributed by atoms with Crippen LogP contribution in [0.2, 0.25) is 0 Å². The van der Waals surface area contributed by atoms with Crippen LogP contribution in [0.4, 0.5) is 5.69 Å². The molecular formula is C19H18N2O3S. The van der Waals surface area contributed by atoms with Crippen molar-refractivity contribution in [3.05, 3.63) is 65.7 Å². The van der Waals surface area contributed by atoms with Crippen molar-refractivity contribution in [1.29, 1.82) is 0 Å². The second-order valence-corrected chi connectivity index (χ2v) is 6.09. The molecule has 2 aromatic carbocycles. The van der Waals surface area contributed by atoms with Crippen molar-refractivity contribution in [1.82, 2.24) is 4.98 Å². The Morgan fingerprint density at radius 3 is 2.76 bits per heavy atom.